The molecule has 0 aliphatic carbocycles. The zero-order valence-electron chi connectivity index (χ0n) is 8.55. The van der Waals surface area contributed by atoms with Crippen molar-refractivity contribution in [2.75, 3.05) is 26.4 Å². The van der Waals surface area contributed by atoms with E-state index in [1.54, 1.807) is 0 Å². The third-order valence-electron chi connectivity index (χ3n) is 1.26. The molecule has 0 bridgehead atoms. The molecule has 6 heteroatoms. The first-order valence-corrected chi connectivity index (χ1v) is 4.37. The minimum atomic E-state index is -0.737. The highest BCUT2D eigenvalue weighted by molar-refractivity contribution is 5.86. The molecule has 1 N–H and O–H groups in total. The molecule has 0 aromatic carbocycles. The lowest BCUT2D eigenvalue weighted by Crippen LogP contribution is -2.29. The van der Waals surface area contributed by atoms with E-state index in [4.69, 9.17) is 0 Å². The number of amides is 1. The second-order valence-corrected chi connectivity index (χ2v) is 2.67. The molecular formula is C9H14FNO4. The first kappa shape index (κ1) is 13.4. The summed E-state index contributed by atoms with van der Waals surface area (Å²) in [4.78, 5) is 21.6. The Morgan fingerprint density at radius 2 is 2.00 bits per heavy atom. The molecule has 86 valence electrons. The molecule has 0 saturated heterocycles. The third kappa shape index (κ3) is 7.48. The normalized spacial score (nSPS) is 9.20. The molecule has 0 aliphatic heterocycles. The monoisotopic (exact) mass is 219 g/mol. The van der Waals surface area contributed by atoms with Crippen molar-refractivity contribution in [1.82, 2.24) is 5.32 Å². The highest BCUT2D eigenvalue weighted by Gasteiger charge is 2.04. The fraction of sp³-hybridized carbons (Fsp3) is 0.556. The van der Waals surface area contributed by atoms with Crippen molar-refractivity contribution >= 4 is 12.1 Å². The molecule has 0 spiro atoms. The zero-order valence-corrected chi connectivity index (χ0v) is 8.55. The predicted molar refractivity (Wildman–Crippen MR) is 51.1 cm³/mol. The average molecular weight is 219 g/mol. The van der Waals surface area contributed by atoms with E-state index in [9.17, 15) is 14.0 Å². The van der Waals surface area contributed by atoms with Crippen LogP contribution in [0.4, 0.5) is 9.18 Å². The molecule has 0 fully saturated rings. The molecule has 5 nitrogen and oxygen atoms in total. The van der Waals surface area contributed by atoms with Crippen molar-refractivity contribution in [3.8, 4) is 0 Å². The van der Waals surface area contributed by atoms with Gasteiger partial charge < -0.3 is 14.8 Å². The minimum Gasteiger partial charge on any atom is -0.460 e. The van der Waals surface area contributed by atoms with E-state index in [1.165, 1.54) is 6.92 Å². The van der Waals surface area contributed by atoms with Crippen molar-refractivity contribution < 1.29 is 23.5 Å². The molecule has 0 aliphatic rings. The minimum absolute atomic E-state index is 0.0242. The van der Waals surface area contributed by atoms with E-state index >= 15 is 0 Å². The van der Waals surface area contributed by atoms with Crippen LogP contribution in [0.15, 0.2) is 12.2 Å². The van der Waals surface area contributed by atoms with E-state index in [0.717, 1.165) is 0 Å². The predicted octanol–water partition coefficient (Wildman–Crippen LogP) is 0.801. The van der Waals surface area contributed by atoms with E-state index < -0.39 is 18.7 Å². The van der Waals surface area contributed by atoms with Crippen LogP contribution in [0.5, 0.6) is 0 Å². The number of rotatable bonds is 6. The molecule has 0 aromatic rings. The van der Waals surface area contributed by atoms with E-state index in [2.05, 4.69) is 21.4 Å². The van der Waals surface area contributed by atoms with Crippen molar-refractivity contribution in [1.29, 1.82) is 0 Å². The molecule has 0 radical (unpaired) electrons. The van der Waals surface area contributed by atoms with Crippen molar-refractivity contribution in [3.63, 3.8) is 0 Å². The van der Waals surface area contributed by atoms with E-state index in [1.807, 2.05) is 0 Å². The lowest BCUT2D eigenvalue weighted by atomic mass is 10.4. The first-order valence-electron chi connectivity index (χ1n) is 4.37. The van der Waals surface area contributed by atoms with Crippen molar-refractivity contribution in [2.45, 2.75) is 6.92 Å². The molecule has 0 heterocycles. The highest BCUT2D eigenvalue weighted by Crippen LogP contribution is 1.90. The molecule has 0 aromatic heterocycles. The molecule has 0 rings (SSSR count). The van der Waals surface area contributed by atoms with Gasteiger partial charge in [-0.15, -0.1) is 0 Å². The van der Waals surface area contributed by atoms with Crippen LogP contribution in [0.1, 0.15) is 6.92 Å². The Kier molecular flexibility index (Phi) is 6.96. The number of carbonyl (C=O) groups is 2. The number of esters is 1. The van der Waals surface area contributed by atoms with Gasteiger partial charge in [0.05, 0.1) is 6.54 Å². The van der Waals surface area contributed by atoms with Crippen LogP contribution in [0.2, 0.25) is 0 Å². The average Bonchev–Trinajstić information content (AvgIpc) is 2.20. The second kappa shape index (κ2) is 7.78. The summed E-state index contributed by atoms with van der Waals surface area (Å²) in [7, 11) is 0. The number of carbonyl (C=O) groups excluding carboxylic acids is 2. The Balaban J connectivity index is 3.42. The summed E-state index contributed by atoms with van der Waals surface area (Å²) in [6.07, 6.45) is -0.737. The molecule has 15 heavy (non-hydrogen) atoms. The summed E-state index contributed by atoms with van der Waals surface area (Å²) in [5.74, 6) is -0.520. The second-order valence-electron chi connectivity index (χ2n) is 2.67. The topological polar surface area (TPSA) is 64.6 Å². The van der Waals surface area contributed by atoms with Gasteiger partial charge in [0.1, 0.15) is 19.9 Å². The lowest BCUT2D eigenvalue weighted by Gasteiger charge is -2.06. The van der Waals surface area contributed by atoms with Crippen LogP contribution in [0.25, 0.3) is 0 Å². The van der Waals surface area contributed by atoms with Gasteiger partial charge in [0.15, 0.2) is 0 Å². The molecule has 0 unspecified atom stereocenters. The number of ether oxygens (including phenoxy) is 2. The van der Waals surface area contributed by atoms with Crippen molar-refractivity contribution in [3.05, 3.63) is 12.2 Å². The maximum Gasteiger partial charge on any atom is 0.407 e. The van der Waals surface area contributed by atoms with Crippen LogP contribution in [-0.4, -0.2) is 38.5 Å². The van der Waals surface area contributed by atoms with Crippen LogP contribution >= 0.6 is 0 Å². The summed E-state index contributed by atoms with van der Waals surface area (Å²) in [5, 5.41) is 2.28. The standard InChI is InChI=1S/C9H14FNO4/c1-7(2)8(12)14-6-4-11-9(13)15-5-3-10/h1,3-6H2,2H3,(H,11,13). The third-order valence-corrected chi connectivity index (χ3v) is 1.26. The molecule has 0 atom stereocenters. The lowest BCUT2D eigenvalue weighted by molar-refractivity contribution is -0.138. The van der Waals surface area contributed by atoms with Crippen LogP contribution in [-0.2, 0) is 14.3 Å². The number of hydrogen-bond acceptors (Lipinski definition) is 4. The summed E-state index contributed by atoms with van der Waals surface area (Å²) in [5.41, 5.74) is 0.287. The van der Waals surface area contributed by atoms with Crippen LogP contribution in [0.3, 0.4) is 0 Å². The number of halogens is 1. The maximum absolute atomic E-state index is 11.6. The van der Waals surface area contributed by atoms with Gasteiger partial charge in [0.25, 0.3) is 0 Å². The highest BCUT2D eigenvalue weighted by atomic mass is 19.1. The fourth-order valence-corrected chi connectivity index (χ4v) is 0.602. The van der Waals surface area contributed by atoms with Crippen LogP contribution < -0.4 is 5.32 Å². The SMILES string of the molecule is C=C(C)C(=O)OCCNC(=O)OCCF. The van der Waals surface area contributed by atoms with Crippen molar-refractivity contribution in [2.24, 2.45) is 0 Å². The van der Waals surface area contributed by atoms with Gasteiger partial charge in [-0.1, -0.05) is 6.58 Å². The van der Waals surface area contributed by atoms with Gasteiger partial charge in [-0.2, -0.15) is 0 Å². The van der Waals surface area contributed by atoms with Crippen LogP contribution in [0, 0.1) is 0 Å². The molecule has 1 amide bonds. The first-order chi connectivity index (χ1) is 7.07. The number of alkyl halides is 1. The Morgan fingerprint density at radius 3 is 2.53 bits per heavy atom. The van der Waals surface area contributed by atoms with E-state index in [0.29, 0.717) is 0 Å². The van der Waals surface area contributed by atoms with Gasteiger partial charge >= 0.3 is 12.1 Å². The van der Waals surface area contributed by atoms with E-state index in [-0.39, 0.29) is 25.3 Å². The van der Waals surface area contributed by atoms with Gasteiger partial charge in [0.2, 0.25) is 0 Å². The number of hydrogen-bond donors (Lipinski definition) is 1. The zero-order chi connectivity index (χ0) is 11.7. The summed E-state index contributed by atoms with van der Waals surface area (Å²) in [6.45, 7) is 4.04. The quantitative estimate of drug-likeness (QED) is 0.407. The van der Waals surface area contributed by atoms with Gasteiger partial charge in [-0.05, 0) is 6.92 Å². The Bertz CT molecular complexity index is 242. The maximum atomic E-state index is 11.6. The smallest absolute Gasteiger partial charge is 0.407 e. The van der Waals surface area contributed by atoms with Gasteiger partial charge in [-0.25, -0.2) is 14.0 Å². The number of alkyl carbamates (subject to hydrolysis) is 1. The largest absolute Gasteiger partial charge is 0.460 e. The Hall–Kier alpha value is -1.59. The summed E-state index contributed by atoms with van der Waals surface area (Å²) >= 11 is 0. The molecular weight excluding hydrogens is 205 g/mol. The van der Waals surface area contributed by atoms with Gasteiger partial charge in [0, 0.05) is 5.57 Å². The van der Waals surface area contributed by atoms with Gasteiger partial charge in [-0.3, -0.25) is 0 Å². The molecule has 0 saturated carbocycles. The summed E-state index contributed by atoms with van der Waals surface area (Å²) in [6, 6.07) is 0. The Labute approximate surface area is 87.2 Å². The number of nitrogens with one attached hydrogen (secondary N) is 1. The Morgan fingerprint density at radius 1 is 1.33 bits per heavy atom. The fourth-order valence-electron chi connectivity index (χ4n) is 0.602. The summed E-state index contributed by atoms with van der Waals surface area (Å²) < 4.78 is 20.6.